The molecular weight excluding hydrogens is 362 g/mol. The van der Waals surface area contributed by atoms with Gasteiger partial charge in [-0.1, -0.05) is 60.7 Å². The Morgan fingerprint density at radius 3 is 2.31 bits per heavy atom. The molecule has 7 nitrogen and oxygen atoms in total. The molecule has 0 amide bonds. The largest absolute Gasteiger partial charge is 0.367 e. The van der Waals surface area contributed by atoms with E-state index in [0.717, 1.165) is 5.52 Å². The van der Waals surface area contributed by atoms with Gasteiger partial charge in [-0.3, -0.25) is 4.57 Å². The van der Waals surface area contributed by atoms with Crippen LogP contribution in [0.1, 0.15) is 17.0 Å². The molecule has 0 spiro atoms. The highest BCUT2D eigenvalue weighted by Crippen LogP contribution is 2.26. The highest BCUT2D eigenvalue weighted by molar-refractivity contribution is 5.83. The first-order valence-electron chi connectivity index (χ1n) is 9.42. The van der Waals surface area contributed by atoms with Crippen molar-refractivity contribution < 1.29 is 0 Å². The van der Waals surface area contributed by atoms with Crippen LogP contribution in [0.4, 0.5) is 5.82 Å². The summed E-state index contributed by atoms with van der Waals surface area (Å²) < 4.78 is 1.77. The maximum atomic E-state index is 4.70. The summed E-state index contributed by atoms with van der Waals surface area (Å²) >= 11 is 0. The smallest absolute Gasteiger partial charge is 0.239 e. The molecule has 5 aromatic rings. The van der Waals surface area contributed by atoms with E-state index in [1.807, 2.05) is 18.3 Å². The molecule has 3 aromatic heterocycles. The fourth-order valence-electron chi connectivity index (χ4n) is 3.44. The molecule has 0 aliphatic carbocycles. The van der Waals surface area contributed by atoms with Crippen LogP contribution < -0.4 is 5.32 Å². The summed E-state index contributed by atoms with van der Waals surface area (Å²) in [5.41, 5.74) is 3.89. The van der Waals surface area contributed by atoms with Crippen LogP contribution in [0, 0.1) is 0 Å². The van der Waals surface area contributed by atoms with Gasteiger partial charge in [0.2, 0.25) is 5.95 Å². The number of hydrogen-bond acceptors (Lipinski definition) is 5. The van der Waals surface area contributed by atoms with Crippen molar-refractivity contribution in [1.82, 2.24) is 29.5 Å². The van der Waals surface area contributed by atoms with Gasteiger partial charge in [-0.05, 0) is 11.1 Å². The maximum Gasteiger partial charge on any atom is 0.239 e. The quantitative estimate of drug-likeness (QED) is 0.468. The normalized spacial score (nSPS) is 11.2. The number of aromatic amines is 1. The minimum atomic E-state index is 0.182. The number of H-pyrrole nitrogens is 1. The number of benzene rings is 2. The molecule has 0 aliphatic heterocycles. The van der Waals surface area contributed by atoms with E-state index in [-0.39, 0.29) is 5.92 Å². The SMILES string of the molecule is c1ccc(C(CNc2nc(-n3ccnc3)nc3nc[nH]c23)c2ccccc2)cc1. The van der Waals surface area contributed by atoms with Crippen LogP contribution in [0.25, 0.3) is 17.1 Å². The van der Waals surface area contributed by atoms with E-state index in [2.05, 4.69) is 73.8 Å². The fourth-order valence-corrected chi connectivity index (χ4v) is 3.44. The average Bonchev–Trinajstić information content (AvgIpc) is 3.47. The Bertz CT molecular complexity index is 1160. The molecule has 2 N–H and O–H groups in total. The number of imidazole rings is 2. The monoisotopic (exact) mass is 381 g/mol. The number of hydrogen-bond donors (Lipinski definition) is 2. The highest BCUT2D eigenvalue weighted by Gasteiger charge is 2.16. The summed E-state index contributed by atoms with van der Waals surface area (Å²) in [6.45, 7) is 0.683. The van der Waals surface area contributed by atoms with E-state index in [4.69, 9.17) is 4.98 Å². The lowest BCUT2D eigenvalue weighted by Gasteiger charge is -2.19. The highest BCUT2D eigenvalue weighted by atomic mass is 15.2. The van der Waals surface area contributed by atoms with Crippen molar-refractivity contribution in [2.45, 2.75) is 5.92 Å². The predicted octanol–water partition coefficient (Wildman–Crippen LogP) is 3.78. The predicted molar refractivity (Wildman–Crippen MR) is 112 cm³/mol. The lowest BCUT2D eigenvalue weighted by molar-refractivity contribution is 0.845. The van der Waals surface area contributed by atoms with Gasteiger partial charge in [0.15, 0.2) is 11.5 Å². The molecule has 29 heavy (non-hydrogen) atoms. The van der Waals surface area contributed by atoms with Gasteiger partial charge in [0.25, 0.3) is 0 Å². The molecular formula is C22H19N7. The third kappa shape index (κ3) is 3.45. The van der Waals surface area contributed by atoms with Crippen molar-refractivity contribution in [2.75, 3.05) is 11.9 Å². The van der Waals surface area contributed by atoms with Crippen LogP contribution in [-0.4, -0.2) is 36.0 Å². The lowest BCUT2D eigenvalue weighted by atomic mass is 9.91. The van der Waals surface area contributed by atoms with E-state index in [1.54, 1.807) is 23.4 Å². The zero-order chi connectivity index (χ0) is 19.5. The third-order valence-corrected chi connectivity index (χ3v) is 4.89. The van der Waals surface area contributed by atoms with Gasteiger partial charge < -0.3 is 10.3 Å². The summed E-state index contributed by atoms with van der Waals surface area (Å²) in [5.74, 6) is 1.43. The van der Waals surface area contributed by atoms with Gasteiger partial charge in [0.05, 0.1) is 6.33 Å². The standard InChI is InChI=1S/C22H19N7/c1-3-7-16(8-4-1)18(17-9-5-2-6-10-17)13-24-20-19-21(26-14-25-19)28-22(27-20)29-12-11-23-15-29/h1-12,14-15,18H,13H2,(H2,24,25,26,27,28). The van der Waals surface area contributed by atoms with Crippen LogP contribution in [-0.2, 0) is 0 Å². The Balaban J connectivity index is 1.50. The van der Waals surface area contributed by atoms with Crippen molar-refractivity contribution >= 4 is 17.0 Å². The molecule has 7 heteroatoms. The minimum Gasteiger partial charge on any atom is -0.367 e. The Hall–Kier alpha value is -4.00. The molecule has 142 valence electrons. The van der Waals surface area contributed by atoms with Crippen molar-refractivity contribution in [3.63, 3.8) is 0 Å². The zero-order valence-corrected chi connectivity index (χ0v) is 15.6. The van der Waals surface area contributed by atoms with Crippen LogP contribution in [0.2, 0.25) is 0 Å². The van der Waals surface area contributed by atoms with Gasteiger partial charge in [-0.15, -0.1) is 0 Å². The van der Waals surface area contributed by atoms with Gasteiger partial charge in [-0.2, -0.15) is 9.97 Å². The number of nitrogens with one attached hydrogen (secondary N) is 2. The fraction of sp³-hybridized carbons (Fsp3) is 0.0909. The van der Waals surface area contributed by atoms with Gasteiger partial charge in [0.1, 0.15) is 11.8 Å². The van der Waals surface area contributed by atoms with Gasteiger partial charge in [-0.25, -0.2) is 9.97 Å². The summed E-state index contributed by atoms with van der Waals surface area (Å²) in [7, 11) is 0. The van der Waals surface area contributed by atoms with E-state index in [9.17, 15) is 0 Å². The summed E-state index contributed by atoms with van der Waals surface area (Å²) in [6.07, 6.45) is 6.82. The molecule has 3 heterocycles. The molecule has 0 bridgehead atoms. The Morgan fingerprint density at radius 2 is 1.66 bits per heavy atom. The first-order chi connectivity index (χ1) is 14.4. The minimum absolute atomic E-state index is 0.182. The number of aromatic nitrogens is 6. The number of rotatable bonds is 6. The van der Waals surface area contributed by atoms with Gasteiger partial charge in [0, 0.05) is 24.9 Å². The molecule has 0 atom stereocenters. The van der Waals surface area contributed by atoms with Crippen LogP contribution in [0.3, 0.4) is 0 Å². The molecule has 5 rings (SSSR count). The Labute approximate surface area is 167 Å². The average molecular weight is 381 g/mol. The van der Waals surface area contributed by atoms with Crippen LogP contribution >= 0.6 is 0 Å². The summed E-state index contributed by atoms with van der Waals surface area (Å²) in [5, 5.41) is 3.52. The van der Waals surface area contributed by atoms with Crippen molar-refractivity contribution in [1.29, 1.82) is 0 Å². The number of anilines is 1. The molecule has 0 aliphatic rings. The third-order valence-electron chi connectivity index (χ3n) is 4.89. The number of nitrogens with zero attached hydrogens (tertiary/aromatic N) is 5. The lowest BCUT2D eigenvalue weighted by Crippen LogP contribution is -2.16. The zero-order valence-electron chi connectivity index (χ0n) is 15.6. The Morgan fingerprint density at radius 1 is 0.931 bits per heavy atom. The molecule has 0 fully saturated rings. The van der Waals surface area contributed by atoms with E-state index < -0.39 is 0 Å². The first kappa shape index (κ1) is 17.1. The second-order valence-electron chi connectivity index (χ2n) is 6.70. The molecule has 2 aromatic carbocycles. The summed E-state index contributed by atoms with van der Waals surface area (Å²) in [6, 6.07) is 21.0. The van der Waals surface area contributed by atoms with E-state index in [0.29, 0.717) is 24.0 Å². The maximum absolute atomic E-state index is 4.70. The van der Waals surface area contributed by atoms with E-state index in [1.165, 1.54) is 11.1 Å². The van der Waals surface area contributed by atoms with Crippen molar-refractivity contribution in [2.24, 2.45) is 0 Å². The second kappa shape index (κ2) is 7.55. The van der Waals surface area contributed by atoms with Crippen LogP contribution in [0.5, 0.6) is 0 Å². The Kier molecular flexibility index (Phi) is 4.46. The topological polar surface area (TPSA) is 84.3 Å². The molecule has 0 radical (unpaired) electrons. The number of fused-ring (bicyclic) bond motifs is 1. The molecule has 0 unspecified atom stereocenters. The summed E-state index contributed by atoms with van der Waals surface area (Å²) in [4.78, 5) is 20.8. The van der Waals surface area contributed by atoms with Gasteiger partial charge >= 0.3 is 0 Å². The van der Waals surface area contributed by atoms with Crippen molar-refractivity contribution in [3.8, 4) is 5.95 Å². The van der Waals surface area contributed by atoms with Crippen LogP contribution in [0.15, 0.2) is 85.7 Å². The molecule has 0 saturated heterocycles. The molecule has 0 saturated carbocycles. The second-order valence-corrected chi connectivity index (χ2v) is 6.70. The van der Waals surface area contributed by atoms with Crippen molar-refractivity contribution in [3.05, 3.63) is 96.8 Å². The van der Waals surface area contributed by atoms with E-state index >= 15 is 0 Å². The first-order valence-corrected chi connectivity index (χ1v) is 9.42.